The van der Waals surface area contributed by atoms with Crippen molar-refractivity contribution in [2.75, 3.05) is 26.4 Å². The molecule has 2 aromatic heterocycles. The summed E-state index contributed by atoms with van der Waals surface area (Å²) in [6, 6.07) is 1.64. The molecule has 0 aliphatic carbocycles. The summed E-state index contributed by atoms with van der Waals surface area (Å²) in [5.74, 6) is -2.30. The van der Waals surface area contributed by atoms with Gasteiger partial charge in [-0.3, -0.25) is 9.48 Å². The fourth-order valence-corrected chi connectivity index (χ4v) is 3.46. The molecule has 2 aromatic rings. The molecule has 0 radical (unpaired) electrons. The van der Waals surface area contributed by atoms with Crippen LogP contribution in [0.3, 0.4) is 0 Å². The van der Waals surface area contributed by atoms with E-state index in [2.05, 4.69) is 11.5 Å². The van der Waals surface area contributed by atoms with Gasteiger partial charge in [0.15, 0.2) is 0 Å². The standard InChI is InChI=1S/C18H23N3O4.C2HF3O2/c22-18(15-3-7-24-12-15)19-9-16-17-14(4-8-25-16)11-21(20-17)10-13-1-5-23-6-2-13;3-2(4,5)1(6)7/h3,7,11-13,16H,1-2,4-6,8-10H2,(H,19,22);(H,6,7). The SMILES string of the molecule is O=C(NCC1OCCc2cn(CC3CCOCC3)nc21)c1ccoc1.O=C(O)C(F)(F)F. The van der Waals surface area contributed by atoms with Crippen molar-refractivity contribution < 1.29 is 41.8 Å². The quantitative estimate of drug-likeness (QED) is 0.706. The number of carboxylic acids is 1. The molecule has 1 amide bonds. The summed E-state index contributed by atoms with van der Waals surface area (Å²) in [6.07, 6.45) is 2.83. The number of hydrogen-bond acceptors (Lipinski definition) is 6. The third kappa shape index (κ3) is 6.57. The number of ether oxygens (including phenoxy) is 2. The van der Waals surface area contributed by atoms with Gasteiger partial charge in [-0.15, -0.1) is 0 Å². The molecule has 0 aromatic carbocycles. The van der Waals surface area contributed by atoms with Gasteiger partial charge in [0, 0.05) is 32.5 Å². The van der Waals surface area contributed by atoms with Crippen LogP contribution in [0.2, 0.25) is 0 Å². The molecule has 2 aliphatic heterocycles. The van der Waals surface area contributed by atoms with Crippen LogP contribution >= 0.6 is 0 Å². The Morgan fingerprint density at radius 1 is 1.25 bits per heavy atom. The normalized spacial score (nSPS) is 18.9. The molecule has 12 heteroatoms. The van der Waals surface area contributed by atoms with Gasteiger partial charge in [-0.1, -0.05) is 0 Å². The highest BCUT2D eigenvalue weighted by Gasteiger charge is 2.38. The highest BCUT2D eigenvalue weighted by Crippen LogP contribution is 2.26. The number of alkyl halides is 3. The van der Waals surface area contributed by atoms with Crippen molar-refractivity contribution in [2.24, 2.45) is 5.92 Å². The minimum absolute atomic E-state index is 0.161. The molecule has 1 saturated heterocycles. The Labute approximate surface area is 181 Å². The molecular weight excluding hydrogens is 435 g/mol. The van der Waals surface area contributed by atoms with Crippen LogP contribution in [0.5, 0.6) is 0 Å². The second-order valence-corrected chi connectivity index (χ2v) is 7.45. The van der Waals surface area contributed by atoms with Gasteiger partial charge in [-0.25, -0.2) is 4.79 Å². The Hall–Kier alpha value is -2.86. The number of carbonyl (C=O) groups is 2. The number of rotatable bonds is 5. The van der Waals surface area contributed by atoms with Gasteiger partial charge in [0.1, 0.15) is 12.4 Å². The van der Waals surface area contributed by atoms with Gasteiger partial charge < -0.3 is 24.3 Å². The Morgan fingerprint density at radius 2 is 1.97 bits per heavy atom. The Morgan fingerprint density at radius 3 is 2.59 bits per heavy atom. The lowest BCUT2D eigenvalue weighted by atomic mass is 10.0. The maximum atomic E-state index is 12.1. The van der Waals surface area contributed by atoms with E-state index in [0.717, 1.165) is 44.7 Å². The zero-order chi connectivity index (χ0) is 23.1. The topological polar surface area (TPSA) is 116 Å². The fourth-order valence-electron chi connectivity index (χ4n) is 3.46. The first-order valence-electron chi connectivity index (χ1n) is 10.1. The van der Waals surface area contributed by atoms with E-state index in [9.17, 15) is 18.0 Å². The summed E-state index contributed by atoms with van der Waals surface area (Å²) >= 11 is 0. The molecule has 2 N–H and O–H groups in total. The lowest BCUT2D eigenvalue weighted by molar-refractivity contribution is -0.192. The van der Waals surface area contributed by atoms with Gasteiger partial charge >= 0.3 is 12.1 Å². The predicted molar refractivity (Wildman–Crippen MR) is 103 cm³/mol. The molecule has 4 heterocycles. The van der Waals surface area contributed by atoms with Crippen LogP contribution in [-0.2, 0) is 27.2 Å². The Balaban J connectivity index is 0.000000360. The van der Waals surface area contributed by atoms with E-state index in [1.807, 2.05) is 4.68 Å². The van der Waals surface area contributed by atoms with E-state index in [0.29, 0.717) is 24.6 Å². The van der Waals surface area contributed by atoms with Crippen LogP contribution in [0.15, 0.2) is 29.2 Å². The first-order valence-corrected chi connectivity index (χ1v) is 10.1. The molecule has 1 unspecified atom stereocenters. The van der Waals surface area contributed by atoms with Crippen molar-refractivity contribution in [3.8, 4) is 0 Å². The van der Waals surface area contributed by atoms with Crippen molar-refractivity contribution in [1.82, 2.24) is 15.1 Å². The minimum Gasteiger partial charge on any atom is -0.475 e. The molecule has 0 spiro atoms. The molecule has 2 aliphatic rings. The van der Waals surface area contributed by atoms with Crippen molar-refractivity contribution in [2.45, 2.75) is 38.1 Å². The molecule has 176 valence electrons. The zero-order valence-corrected chi connectivity index (χ0v) is 17.1. The van der Waals surface area contributed by atoms with Crippen LogP contribution in [0.1, 0.15) is 40.6 Å². The number of aromatic nitrogens is 2. The number of halogens is 3. The maximum Gasteiger partial charge on any atom is 0.490 e. The van der Waals surface area contributed by atoms with Crippen LogP contribution < -0.4 is 5.32 Å². The first-order chi connectivity index (χ1) is 15.2. The lowest BCUT2D eigenvalue weighted by Gasteiger charge is -2.22. The summed E-state index contributed by atoms with van der Waals surface area (Å²) in [4.78, 5) is 21.0. The van der Waals surface area contributed by atoms with E-state index in [1.54, 1.807) is 6.07 Å². The number of nitrogens with zero attached hydrogens (tertiary/aromatic N) is 2. The van der Waals surface area contributed by atoms with Crippen LogP contribution in [0.4, 0.5) is 13.2 Å². The van der Waals surface area contributed by atoms with E-state index in [1.165, 1.54) is 18.1 Å². The summed E-state index contributed by atoms with van der Waals surface area (Å²) in [5, 5.41) is 14.8. The minimum atomic E-state index is -5.08. The summed E-state index contributed by atoms with van der Waals surface area (Å²) < 4.78 is 50.0. The van der Waals surface area contributed by atoms with Crippen molar-refractivity contribution >= 4 is 11.9 Å². The second kappa shape index (κ2) is 10.6. The van der Waals surface area contributed by atoms with Gasteiger partial charge in [-0.05, 0) is 36.8 Å². The van der Waals surface area contributed by atoms with Gasteiger partial charge in [0.05, 0.1) is 24.1 Å². The van der Waals surface area contributed by atoms with Crippen molar-refractivity contribution in [3.05, 3.63) is 41.6 Å². The molecule has 1 atom stereocenters. The highest BCUT2D eigenvalue weighted by molar-refractivity contribution is 5.93. The number of amides is 1. The number of carbonyl (C=O) groups excluding carboxylic acids is 1. The molecular formula is C20H24F3N3O6. The summed E-state index contributed by atoms with van der Waals surface area (Å²) in [5.41, 5.74) is 2.69. The largest absolute Gasteiger partial charge is 0.490 e. The number of carboxylic acid groups (broad SMARTS) is 1. The molecule has 0 saturated carbocycles. The number of aliphatic carboxylic acids is 1. The predicted octanol–water partition coefficient (Wildman–Crippen LogP) is 2.58. The highest BCUT2D eigenvalue weighted by atomic mass is 19.4. The zero-order valence-electron chi connectivity index (χ0n) is 17.1. The average Bonchev–Trinajstić information content (AvgIpc) is 3.42. The molecule has 1 fully saturated rings. The molecule has 0 bridgehead atoms. The van der Waals surface area contributed by atoms with E-state index in [4.69, 9.17) is 28.9 Å². The Bertz CT molecular complexity index is 891. The molecule has 32 heavy (non-hydrogen) atoms. The molecule has 9 nitrogen and oxygen atoms in total. The fraction of sp³-hybridized carbons (Fsp3) is 0.550. The van der Waals surface area contributed by atoms with E-state index < -0.39 is 12.1 Å². The van der Waals surface area contributed by atoms with Crippen molar-refractivity contribution in [3.63, 3.8) is 0 Å². The average molecular weight is 459 g/mol. The van der Waals surface area contributed by atoms with Crippen LogP contribution in [0.25, 0.3) is 0 Å². The first kappa shape index (κ1) is 23.8. The van der Waals surface area contributed by atoms with Crippen LogP contribution in [-0.4, -0.2) is 59.3 Å². The number of furan rings is 1. The molecule has 4 rings (SSSR count). The van der Waals surface area contributed by atoms with Crippen molar-refractivity contribution in [1.29, 1.82) is 0 Å². The van der Waals surface area contributed by atoms with Crippen LogP contribution in [0, 0.1) is 5.92 Å². The van der Waals surface area contributed by atoms with Gasteiger partial charge in [0.25, 0.3) is 5.91 Å². The third-order valence-corrected chi connectivity index (χ3v) is 5.13. The summed E-state index contributed by atoms with van der Waals surface area (Å²) in [6.45, 7) is 3.67. The van der Waals surface area contributed by atoms with Gasteiger partial charge in [0.2, 0.25) is 0 Å². The smallest absolute Gasteiger partial charge is 0.475 e. The third-order valence-electron chi connectivity index (χ3n) is 5.13. The number of fused-ring (bicyclic) bond motifs is 1. The van der Waals surface area contributed by atoms with E-state index in [-0.39, 0.29) is 12.0 Å². The Kier molecular flexibility index (Phi) is 7.91. The van der Waals surface area contributed by atoms with E-state index >= 15 is 0 Å². The number of hydrogen-bond donors (Lipinski definition) is 2. The van der Waals surface area contributed by atoms with Gasteiger partial charge in [-0.2, -0.15) is 18.3 Å². The lowest BCUT2D eigenvalue weighted by Crippen LogP contribution is -2.31. The maximum absolute atomic E-state index is 12.1. The monoisotopic (exact) mass is 459 g/mol. The summed E-state index contributed by atoms with van der Waals surface area (Å²) in [7, 11) is 0. The number of nitrogens with one attached hydrogen (secondary N) is 1. The second-order valence-electron chi connectivity index (χ2n) is 7.45.